The van der Waals surface area contributed by atoms with Crippen molar-refractivity contribution in [2.24, 2.45) is 5.73 Å². The topological polar surface area (TPSA) is 90.0 Å². The Labute approximate surface area is 106 Å². The summed E-state index contributed by atoms with van der Waals surface area (Å²) in [6.07, 6.45) is -2.04. The number of hydrogen-bond donors (Lipinski definition) is 4. The molecular formula is C13H20N2O3. The van der Waals surface area contributed by atoms with Crippen LogP contribution < -0.4 is 5.73 Å². The average molecular weight is 252 g/mol. The Kier molecular flexibility index (Phi) is 4.31. The first-order valence-electron chi connectivity index (χ1n) is 6.15. The van der Waals surface area contributed by atoms with E-state index in [1.807, 2.05) is 29.2 Å². The normalized spacial score (nSPS) is 26.4. The van der Waals surface area contributed by atoms with Crippen LogP contribution in [-0.2, 0) is 6.54 Å². The standard InChI is InChI=1S/C13H20N2O3/c14-5-9-1-3-10(4-2-9)11(16)6-15-7-12(17)13(18)8-15/h1-4,11-13,16-18H,5-8,14H2. The Morgan fingerprint density at radius 1 is 1.17 bits per heavy atom. The smallest absolute Gasteiger partial charge is 0.0938 e. The van der Waals surface area contributed by atoms with Crippen molar-refractivity contribution in [3.05, 3.63) is 35.4 Å². The van der Waals surface area contributed by atoms with Gasteiger partial charge >= 0.3 is 0 Å². The fourth-order valence-electron chi connectivity index (χ4n) is 2.22. The van der Waals surface area contributed by atoms with E-state index in [0.29, 0.717) is 26.2 Å². The van der Waals surface area contributed by atoms with Crippen molar-refractivity contribution in [3.8, 4) is 0 Å². The van der Waals surface area contributed by atoms with Crippen molar-refractivity contribution in [2.75, 3.05) is 19.6 Å². The van der Waals surface area contributed by atoms with Crippen LogP contribution in [-0.4, -0.2) is 52.1 Å². The van der Waals surface area contributed by atoms with E-state index in [1.54, 1.807) is 0 Å². The molecule has 1 saturated heterocycles. The lowest BCUT2D eigenvalue weighted by Crippen LogP contribution is -2.27. The van der Waals surface area contributed by atoms with Gasteiger partial charge in [-0.2, -0.15) is 0 Å². The first-order valence-corrected chi connectivity index (χ1v) is 6.15. The summed E-state index contributed by atoms with van der Waals surface area (Å²) in [5.74, 6) is 0. The summed E-state index contributed by atoms with van der Waals surface area (Å²) < 4.78 is 0. The number of rotatable bonds is 4. The minimum atomic E-state index is -0.711. The van der Waals surface area contributed by atoms with Gasteiger partial charge in [0, 0.05) is 26.2 Å². The van der Waals surface area contributed by atoms with Crippen LogP contribution in [0.1, 0.15) is 17.2 Å². The summed E-state index contributed by atoms with van der Waals surface area (Å²) in [4.78, 5) is 1.86. The van der Waals surface area contributed by atoms with Crippen molar-refractivity contribution >= 4 is 0 Å². The fourth-order valence-corrected chi connectivity index (χ4v) is 2.22. The van der Waals surface area contributed by atoms with Crippen LogP contribution >= 0.6 is 0 Å². The van der Waals surface area contributed by atoms with E-state index in [9.17, 15) is 15.3 Å². The maximum atomic E-state index is 10.1. The van der Waals surface area contributed by atoms with Crippen molar-refractivity contribution in [1.29, 1.82) is 0 Å². The van der Waals surface area contributed by atoms with Gasteiger partial charge in [-0.15, -0.1) is 0 Å². The molecule has 1 aliphatic heterocycles. The SMILES string of the molecule is NCc1ccc(C(O)CN2CC(O)C(O)C2)cc1. The van der Waals surface area contributed by atoms with E-state index in [2.05, 4.69) is 0 Å². The third kappa shape index (κ3) is 3.07. The van der Waals surface area contributed by atoms with Gasteiger partial charge in [-0.1, -0.05) is 24.3 Å². The molecule has 18 heavy (non-hydrogen) atoms. The molecule has 1 aromatic rings. The molecule has 0 amide bonds. The lowest BCUT2D eigenvalue weighted by Gasteiger charge is -2.19. The molecule has 3 unspecified atom stereocenters. The van der Waals surface area contributed by atoms with Crippen molar-refractivity contribution in [2.45, 2.75) is 24.9 Å². The van der Waals surface area contributed by atoms with E-state index >= 15 is 0 Å². The predicted molar refractivity (Wildman–Crippen MR) is 67.7 cm³/mol. The van der Waals surface area contributed by atoms with E-state index in [-0.39, 0.29) is 0 Å². The number of β-amino-alcohol motifs (C(OH)–C–C–N with tert-alkyl or cyclic N) is 3. The number of benzene rings is 1. The van der Waals surface area contributed by atoms with Crippen molar-refractivity contribution in [3.63, 3.8) is 0 Å². The molecule has 100 valence electrons. The number of hydrogen-bond acceptors (Lipinski definition) is 5. The van der Waals surface area contributed by atoms with Crippen LogP contribution in [0.3, 0.4) is 0 Å². The lowest BCUT2D eigenvalue weighted by atomic mass is 10.1. The van der Waals surface area contributed by atoms with Gasteiger partial charge in [-0.25, -0.2) is 0 Å². The van der Waals surface area contributed by atoms with Crippen LogP contribution in [0.15, 0.2) is 24.3 Å². The second-order valence-corrected chi connectivity index (χ2v) is 4.81. The molecule has 0 aromatic heterocycles. The summed E-state index contributed by atoms with van der Waals surface area (Å²) in [5, 5.41) is 28.9. The third-order valence-electron chi connectivity index (χ3n) is 3.37. The zero-order chi connectivity index (χ0) is 13.1. The zero-order valence-corrected chi connectivity index (χ0v) is 10.2. The van der Waals surface area contributed by atoms with Gasteiger partial charge in [-0.05, 0) is 11.1 Å². The molecule has 5 nitrogen and oxygen atoms in total. The summed E-state index contributed by atoms with van der Waals surface area (Å²) in [6, 6.07) is 7.50. The minimum absolute atomic E-state index is 0.402. The van der Waals surface area contributed by atoms with Crippen molar-refractivity contribution in [1.82, 2.24) is 4.90 Å². The molecule has 0 spiro atoms. The quantitative estimate of drug-likeness (QED) is 0.564. The monoisotopic (exact) mass is 252 g/mol. The maximum Gasteiger partial charge on any atom is 0.0938 e. The molecule has 1 heterocycles. The second-order valence-electron chi connectivity index (χ2n) is 4.81. The molecule has 1 aliphatic rings. The highest BCUT2D eigenvalue weighted by Gasteiger charge is 2.30. The first-order chi connectivity index (χ1) is 8.60. The summed E-state index contributed by atoms with van der Waals surface area (Å²) in [7, 11) is 0. The maximum absolute atomic E-state index is 10.1. The molecular weight excluding hydrogens is 232 g/mol. The highest BCUT2D eigenvalue weighted by atomic mass is 16.3. The first kappa shape index (κ1) is 13.5. The Hall–Kier alpha value is -0.980. The van der Waals surface area contributed by atoms with Crippen LogP contribution in [0.5, 0.6) is 0 Å². The minimum Gasteiger partial charge on any atom is -0.389 e. The van der Waals surface area contributed by atoms with Gasteiger partial charge in [0.15, 0.2) is 0 Å². The third-order valence-corrected chi connectivity index (χ3v) is 3.37. The molecule has 3 atom stereocenters. The average Bonchev–Trinajstić information content (AvgIpc) is 2.68. The molecule has 1 aromatic carbocycles. The van der Waals surface area contributed by atoms with Gasteiger partial charge in [0.1, 0.15) is 0 Å². The molecule has 5 heteroatoms. The van der Waals surface area contributed by atoms with Gasteiger partial charge in [-0.3, -0.25) is 4.90 Å². The highest BCUT2D eigenvalue weighted by molar-refractivity contribution is 5.24. The Morgan fingerprint density at radius 3 is 2.22 bits per heavy atom. The zero-order valence-electron chi connectivity index (χ0n) is 10.2. The summed E-state index contributed by atoms with van der Waals surface area (Å²) in [5.41, 5.74) is 7.36. The van der Waals surface area contributed by atoms with E-state index in [4.69, 9.17) is 5.73 Å². The number of aliphatic hydroxyl groups is 3. The summed E-state index contributed by atoms with van der Waals surface area (Å²) in [6.45, 7) is 1.70. The Bertz CT molecular complexity index is 372. The lowest BCUT2D eigenvalue weighted by molar-refractivity contribution is 0.0572. The second kappa shape index (κ2) is 5.77. The van der Waals surface area contributed by atoms with Crippen LogP contribution in [0.4, 0.5) is 0 Å². The number of likely N-dealkylation sites (tertiary alicyclic amines) is 1. The Morgan fingerprint density at radius 2 is 1.72 bits per heavy atom. The van der Waals surface area contributed by atoms with Gasteiger partial charge < -0.3 is 21.1 Å². The molecule has 0 saturated carbocycles. The van der Waals surface area contributed by atoms with Gasteiger partial charge in [0.25, 0.3) is 0 Å². The van der Waals surface area contributed by atoms with E-state index < -0.39 is 18.3 Å². The largest absolute Gasteiger partial charge is 0.389 e. The van der Waals surface area contributed by atoms with Crippen LogP contribution in [0, 0.1) is 0 Å². The molecule has 5 N–H and O–H groups in total. The van der Waals surface area contributed by atoms with Crippen LogP contribution in [0.25, 0.3) is 0 Å². The number of nitrogens with two attached hydrogens (primary N) is 1. The fraction of sp³-hybridized carbons (Fsp3) is 0.538. The summed E-state index contributed by atoms with van der Waals surface area (Å²) >= 11 is 0. The molecule has 1 fully saturated rings. The van der Waals surface area contributed by atoms with Crippen molar-refractivity contribution < 1.29 is 15.3 Å². The van der Waals surface area contributed by atoms with E-state index in [1.165, 1.54) is 0 Å². The Balaban J connectivity index is 1.93. The molecule has 0 bridgehead atoms. The molecule has 0 radical (unpaired) electrons. The number of aliphatic hydroxyl groups excluding tert-OH is 3. The number of nitrogens with zero attached hydrogens (tertiary/aromatic N) is 1. The predicted octanol–water partition coefficient (Wildman–Crippen LogP) is -0.784. The highest BCUT2D eigenvalue weighted by Crippen LogP contribution is 2.18. The molecule has 2 rings (SSSR count). The van der Waals surface area contributed by atoms with Crippen LogP contribution in [0.2, 0.25) is 0 Å². The van der Waals surface area contributed by atoms with Gasteiger partial charge in [0.05, 0.1) is 18.3 Å². The van der Waals surface area contributed by atoms with E-state index in [0.717, 1.165) is 11.1 Å². The molecule has 0 aliphatic carbocycles. The van der Waals surface area contributed by atoms with Gasteiger partial charge in [0.2, 0.25) is 0 Å².